The third kappa shape index (κ3) is 3.81. The Morgan fingerprint density at radius 1 is 0.792 bits per heavy atom. The van der Waals surface area contributed by atoms with Gasteiger partial charge in [0.2, 0.25) is 0 Å². The molecular weight excluding hydrogens is 454 g/mol. The molecule has 0 spiro atoms. The number of hydrogen-bond acceptors (Lipinski definition) is 2. The van der Waals surface area contributed by atoms with Crippen molar-refractivity contribution in [1.82, 2.24) is 0 Å². The quantitative estimate of drug-likeness (QED) is 0.577. The van der Waals surface area contributed by atoms with E-state index in [0.717, 1.165) is 0 Å². The average molecular weight is 475 g/mol. The maximum atomic E-state index is 2.38. The van der Waals surface area contributed by atoms with Crippen molar-refractivity contribution in [2.75, 3.05) is 0 Å². The smallest absolute Gasteiger partial charge is 1.00 e. The van der Waals surface area contributed by atoms with E-state index in [1.54, 1.807) is 30.8 Å². The number of allylic oxidation sites excluding steroid dienone is 12. The van der Waals surface area contributed by atoms with Gasteiger partial charge in [-0.2, -0.15) is 0 Å². The molecule has 2 unspecified atom stereocenters. The molecule has 0 bridgehead atoms. The Balaban J connectivity index is 0.000000960. The summed E-state index contributed by atoms with van der Waals surface area (Å²) in [5.74, 6) is 1.16. The molecule has 24 heavy (non-hydrogen) atoms. The summed E-state index contributed by atoms with van der Waals surface area (Å²) in [7, 11) is 0. The Bertz CT molecular complexity index is 625. The molecule has 2 atom stereocenters. The zero-order valence-electron chi connectivity index (χ0n) is 13.8. The molecular formula is C19H20Cl2S2Zr. The fourth-order valence-electron chi connectivity index (χ4n) is 3.67. The number of rotatable bonds is 4. The fourth-order valence-corrected chi connectivity index (χ4v) is 6.18. The Morgan fingerprint density at radius 2 is 1.21 bits per heavy atom. The summed E-state index contributed by atoms with van der Waals surface area (Å²) in [6.45, 7) is 4.60. The van der Waals surface area contributed by atoms with Gasteiger partial charge in [0.1, 0.15) is 0 Å². The summed E-state index contributed by atoms with van der Waals surface area (Å²) < 4.78 is 0. The molecule has 2 aliphatic heterocycles. The van der Waals surface area contributed by atoms with E-state index in [4.69, 9.17) is 0 Å². The number of thioether (sulfide) groups is 2. The van der Waals surface area contributed by atoms with Crippen molar-refractivity contribution >= 4 is 23.5 Å². The minimum Gasteiger partial charge on any atom is -1.00 e. The first-order chi connectivity index (χ1) is 10.3. The first-order valence-corrected chi connectivity index (χ1v) is 9.51. The first kappa shape index (κ1) is 22.6. The van der Waals surface area contributed by atoms with Gasteiger partial charge >= 0.3 is 26.2 Å². The molecule has 4 rings (SSSR count). The van der Waals surface area contributed by atoms with Gasteiger partial charge in [0.05, 0.1) is 0 Å². The van der Waals surface area contributed by atoms with Gasteiger partial charge in [-0.15, -0.1) is 0 Å². The number of halogens is 2. The first-order valence-electron chi connectivity index (χ1n) is 7.88. The van der Waals surface area contributed by atoms with Crippen LogP contribution in [0.3, 0.4) is 0 Å². The van der Waals surface area contributed by atoms with Gasteiger partial charge in [0.25, 0.3) is 0 Å². The van der Waals surface area contributed by atoms with Crippen LogP contribution in [0.1, 0.15) is 33.1 Å². The molecule has 0 saturated heterocycles. The fraction of sp³-hybridized carbons (Fsp3) is 0.368. The Hall–Kier alpha value is 0.603. The van der Waals surface area contributed by atoms with Crippen LogP contribution < -0.4 is 24.8 Å². The van der Waals surface area contributed by atoms with Crippen LogP contribution in [0.25, 0.3) is 0 Å². The van der Waals surface area contributed by atoms with Gasteiger partial charge in [-0.25, -0.2) is 0 Å². The third-order valence-corrected chi connectivity index (χ3v) is 7.56. The Kier molecular flexibility index (Phi) is 8.98. The summed E-state index contributed by atoms with van der Waals surface area (Å²) in [5.41, 5.74) is 3.34. The number of hydrogen-bond donors (Lipinski definition) is 0. The summed E-state index contributed by atoms with van der Waals surface area (Å²) in [5, 5.41) is 0. The maximum Gasteiger partial charge on any atom is 2.00 e. The molecule has 0 amide bonds. The van der Waals surface area contributed by atoms with Crippen molar-refractivity contribution in [1.29, 1.82) is 0 Å². The van der Waals surface area contributed by atoms with Crippen molar-refractivity contribution in [2.45, 2.75) is 33.1 Å². The van der Waals surface area contributed by atoms with E-state index in [2.05, 4.69) is 50.3 Å². The minimum atomic E-state index is 0. The van der Waals surface area contributed by atoms with Crippen molar-refractivity contribution in [2.24, 2.45) is 11.8 Å². The standard InChI is InChI=1S/C19H20S2.2ClH.Zr/c1-3-16-14(12-7-5-9-18(12)20-16)11-15-13-8-6-10-19(13)21-17(15)4-2;;;/h5-10,12-13H,3-4,11H2,1-2H3;2*1H;/q;;;+2/p-2. The molecule has 0 N–H and O–H groups in total. The predicted molar refractivity (Wildman–Crippen MR) is 95.9 cm³/mol. The summed E-state index contributed by atoms with van der Waals surface area (Å²) >= 11 is 4.05. The second-order valence-corrected chi connectivity index (χ2v) is 8.18. The zero-order chi connectivity index (χ0) is 14.4. The zero-order valence-corrected chi connectivity index (χ0v) is 19.4. The molecule has 0 saturated carbocycles. The molecule has 0 aromatic heterocycles. The van der Waals surface area contributed by atoms with E-state index in [9.17, 15) is 0 Å². The summed E-state index contributed by atoms with van der Waals surface area (Å²) in [4.78, 5) is 6.32. The van der Waals surface area contributed by atoms with Crippen LogP contribution in [0.4, 0.5) is 0 Å². The van der Waals surface area contributed by atoms with E-state index < -0.39 is 0 Å². The second kappa shape index (κ2) is 9.51. The van der Waals surface area contributed by atoms with Gasteiger partial charge in [-0.3, -0.25) is 0 Å². The van der Waals surface area contributed by atoms with Gasteiger partial charge in [0, 0.05) is 21.6 Å². The van der Waals surface area contributed by atoms with E-state index in [1.807, 2.05) is 23.5 Å². The molecule has 0 aromatic rings. The second-order valence-electron chi connectivity index (χ2n) is 5.85. The minimum absolute atomic E-state index is 0. The van der Waals surface area contributed by atoms with Gasteiger partial charge in [-0.05, 0) is 40.2 Å². The summed E-state index contributed by atoms with van der Waals surface area (Å²) in [6, 6.07) is 0. The SMILES string of the molecule is CCC1=C(CC2=C(CC)SC3=CC=CC32)C2C=CC=C2S1.[Cl-].[Cl-].[Zr+2]. The largest absolute Gasteiger partial charge is 2.00 e. The molecule has 0 fully saturated rings. The van der Waals surface area contributed by atoms with Crippen LogP contribution >= 0.6 is 23.5 Å². The molecule has 4 aliphatic rings. The van der Waals surface area contributed by atoms with E-state index in [0.29, 0.717) is 11.8 Å². The Labute approximate surface area is 185 Å². The molecule has 0 aromatic carbocycles. The van der Waals surface area contributed by atoms with Crippen LogP contribution in [-0.4, -0.2) is 0 Å². The molecule has 0 nitrogen and oxygen atoms in total. The van der Waals surface area contributed by atoms with Crippen LogP contribution in [0, 0.1) is 11.8 Å². The normalized spacial score (nSPS) is 25.8. The number of fused-ring (bicyclic) bond motifs is 2. The summed E-state index contributed by atoms with van der Waals surface area (Å²) in [6.07, 6.45) is 17.4. The molecule has 2 heterocycles. The van der Waals surface area contributed by atoms with Crippen LogP contribution in [0.5, 0.6) is 0 Å². The monoisotopic (exact) mass is 472 g/mol. The average Bonchev–Trinajstić information content (AvgIpc) is 3.21. The van der Waals surface area contributed by atoms with Crippen molar-refractivity contribution in [3.05, 3.63) is 67.2 Å². The van der Waals surface area contributed by atoms with Crippen LogP contribution in [0.15, 0.2) is 67.2 Å². The predicted octanol–water partition coefficient (Wildman–Crippen LogP) is 0.344. The topological polar surface area (TPSA) is 0 Å². The van der Waals surface area contributed by atoms with E-state index in [1.165, 1.54) is 19.3 Å². The van der Waals surface area contributed by atoms with Crippen LogP contribution in [0.2, 0.25) is 0 Å². The maximum absolute atomic E-state index is 2.38. The van der Waals surface area contributed by atoms with Crippen LogP contribution in [-0.2, 0) is 26.2 Å². The van der Waals surface area contributed by atoms with E-state index >= 15 is 0 Å². The van der Waals surface area contributed by atoms with Gasteiger partial charge in [-0.1, -0.05) is 73.8 Å². The van der Waals surface area contributed by atoms with Crippen molar-refractivity contribution in [3.63, 3.8) is 0 Å². The molecule has 5 heteroatoms. The van der Waals surface area contributed by atoms with Crippen molar-refractivity contribution < 1.29 is 51.0 Å². The third-order valence-electron chi connectivity index (χ3n) is 4.71. The molecule has 126 valence electrons. The van der Waals surface area contributed by atoms with Gasteiger partial charge in [0.15, 0.2) is 0 Å². The van der Waals surface area contributed by atoms with E-state index in [-0.39, 0.29) is 51.0 Å². The molecule has 0 radical (unpaired) electrons. The van der Waals surface area contributed by atoms with Gasteiger partial charge < -0.3 is 24.8 Å². The molecule has 2 aliphatic carbocycles. The van der Waals surface area contributed by atoms with Crippen molar-refractivity contribution in [3.8, 4) is 0 Å². The Morgan fingerprint density at radius 3 is 1.58 bits per heavy atom.